The summed E-state index contributed by atoms with van der Waals surface area (Å²) in [4.78, 5) is 11.9. The van der Waals surface area contributed by atoms with Gasteiger partial charge in [-0.05, 0) is 18.8 Å². The van der Waals surface area contributed by atoms with Gasteiger partial charge in [-0.2, -0.15) is 0 Å². The molecule has 0 aromatic rings. The van der Waals surface area contributed by atoms with Crippen LogP contribution in [-0.2, 0) is 9.53 Å². The molecule has 1 rings (SSSR count). The second-order valence-corrected chi connectivity index (χ2v) is 4.61. The summed E-state index contributed by atoms with van der Waals surface area (Å²) in [6.07, 6.45) is 3.00. The largest absolute Gasteiger partial charge is 0.384 e. The van der Waals surface area contributed by atoms with Gasteiger partial charge in [0.05, 0.1) is 12.0 Å². The average molecular weight is 214 g/mol. The molecule has 88 valence electrons. The topological polar surface area (TPSA) is 64.3 Å². The molecule has 1 aliphatic carbocycles. The maximum atomic E-state index is 11.9. The molecule has 1 fully saturated rings. The zero-order chi connectivity index (χ0) is 11.3. The normalized spacial score (nSPS) is 20.5. The highest BCUT2D eigenvalue weighted by Gasteiger charge is 2.42. The summed E-state index contributed by atoms with van der Waals surface area (Å²) in [6.45, 7) is 3.88. The summed E-state index contributed by atoms with van der Waals surface area (Å²) in [5.74, 6) is 0.480. The molecule has 1 aliphatic rings. The lowest BCUT2D eigenvalue weighted by Crippen LogP contribution is -2.51. The molecule has 1 saturated carbocycles. The van der Waals surface area contributed by atoms with Gasteiger partial charge in [0.1, 0.15) is 0 Å². The Morgan fingerprint density at radius 2 is 2.27 bits per heavy atom. The molecule has 0 aromatic carbocycles. The fraction of sp³-hybridized carbons (Fsp3) is 0.909. The minimum absolute atomic E-state index is 0.124. The lowest BCUT2D eigenvalue weighted by atomic mass is 9.68. The van der Waals surface area contributed by atoms with Crippen molar-refractivity contribution in [3.05, 3.63) is 0 Å². The van der Waals surface area contributed by atoms with Crippen LogP contribution in [-0.4, -0.2) is 32.7 Å². The third-order valence-electron chi connectivity index (χ3n) is 3.25. The van der Waals surface area contributed by atoms with E-state index in [0.29, 0.717) is 25.6 Å². The van der Waals surface area contributed by atoms with Gasteiger partial charge in [-0.1, -0.05) is 13.3 Å². The zero-order valence-corrected chi connectivity index (χ0v) is 9.71. The van der Waals surface area contributed by atoms with Crippen LogP contribution in [0.3, 0.4) is 0 Å². The van der Waals surface area contributed by atoms with E-state index in [1.807, 2.05) is 0 Å². The van der Waals surface area contributed by atoms with Gasteiger partial charge >= 0.3 is 0 Å². The molecule has 0 aliphatic heterocycles. The van der Waals surface area contributed by atoms with Gasteiger partial charge < -0.3 is 15.8 Å². The minimum atomic E-state index is -0.257. The Balaban J connectivity index is 2.29. The summed E-state index contributed by atoms with van der Waals surface area (Å²) in [7, 11) is 1.67. The minimum Gasteiger partial charge on any atom is -0.384 e. The molecule has 0 bridgehead atoms. The summed E-state index contributed by atoms with van der Waals surface area (Å²) >= 11 is 0. The number of nitrogens with two attached hydrogens (primary N) is 1. The molecule has 0 aromatic heterocycles. The van der Waals surface area contributed by atoms with Gasteiger partial charge in [0.15, 0.2) is 0 Å². The van der Waals surface area contributed by atoms with E-state index in [9.17, 15) is 4.79 Å². The molecule has 1 atom stereocenters. The lowest BCUT2D eigenvalue weighted by molar-refractivity contribution is -0.135. The molecular formula is C11H22N2O2. The first kappa shape index (κ1) is 12.5. The molecule has 0 spiro atoms. The Morgan fingerprint density at radius 3 is 2.67 bits per heavy atom. The second-order valence-electron chi connectivity index (χ2n) is 4.61. The van der Waals surface area contributed by atoms with Crippen LogP contribution in [0.1, 0.15) is 26.2 Å². The van der Waals surface area contributed by atoms with Crippen molar-refractivity contribution >= 4 is 5.91 Å². The standard InChI is InChI=1S/C11H22N2O2/c1-9(7-15-2)6-13-10(14)11(8-12)4-3-5-11/h9H,3-8,12H2,1-2H3,(H,13,14). The van der Waals surface area contributed by atoms with Gasteiger partial charge in [-0.3, -0.25) is 4.79 Å². The molecule has 3 N–H and O–H groups in total. The Bertz CT molecular complexity index is 209. The molecule has 0 saturated heterocycles. The smallest absolute Gasteiger partial charge is 0.227 e. The first-order valence-electron chi connectivity index (χ1n) is 5.62. The summed E-state index contributed by atoms with van der Waals surface area (Å²) < 4.78 is 5.01. The quantitative estimate of drug-likeness (QED) is 0.677. The van der Waals surface area contributed by atoms with Crippen LogP contribution in [0.5, 0.6) is 0 Å². The Labute approximate surface area is 91.5 Å². The predicted molar refractivity (Wildman–Crippen MR) is 59.4 cm³/mol. The first-order valence-corrected chi connectivity index (χ1v) is 5.62. The van der Waals surface area contributed by atoms with E-state index in [-0.39, 0.29) is 11.3 Å². The van der Waals surface area contributed by atoms with Gasteiger partial charge in [0, 0.05) is 20.2 Å². The van der Waals surface area contributed by atoms with Crippen molar-refractivity contribution in [2.75, 3.05) is 26.8 Å². The molecule has 1 unspecified atom stereocenters. The first-order chi connectivity index (χ1) is 7.14. The van der Waals surface area contributed by atoms with E-state index < -0.39 is 0 Å². The molecule has 1 amide bonds. The van der Waals surface area contributed by atoms with Crippen molar-refractivity contribution in [2.24, 2.45) is 17.1 Å². The molecule has 0 heterocycles. The van der Waals surface area contributed by atoms with E-state index in [1.165, 1.54) is 0 Å². The van der Waals surface area contributed by atoms with E-state index >= 15 is 0 Å². The molecule has 15 heavy (non-hydrogen) atoms. The van der Waals surface area contributed by atoms with Crippen LogP contribution >= 0.6 is 0 Å². The number of ether oxygens (including phenoxy) is 1. The molecule has 0 radical (unpaired) electrons. The Kier molecular flexibility index (Phi) is 4.54. The van der Waals surface area contributed by atoms with Gasteiger partial charge in [-0.15, -0.1) is 0 Å². The van der Waals surface area contributed by atoms with Crippen LogP contribution in [0.15, 0.2) is 0 Å². The summed E-state index contributed by atoms with van der Waals surface area (Å²) in [5, 5.41) is 2.96. The maximum absolute atomic E-state index is 11.9. The molecular weight excluding hydrogens is 192 g/mol. The van der Waals surface area contributed by atoms with Crippen LogP contribution < -0.4 is 11.1 Å². The van der Waals surface area contributed by atoms with E-state index in [4.69, 9.17) is 10.5 Å². The number of rotatable bonds is 6. The van der Waals surface area contributed by atoms with Gasteiger partial charge in [0.2, 0.25) is 5.91 Å². The van der Waals surface area contributed by atoms with Crippen LogP contribution in [0, 0.1) is 11.3 Å². The van der Waals surface area contributed by atoms with Crippen molar-refractivity contribution in [2.45, 2.75) is 26.2 Å². The zero-order valence-electron chi connectivity index (χ0n) is 9.71. The summed E-state index contributed by atoms with van der Waals surface area (Å²) in [6, 6.07) is 0. The third kappa shape index (κ3) is 2.92. The van der Waals surface area contributed by atoms with Crippen LogP contribution in [0.4, 0.5) is 0 Å². The monoisotopic (exact) mass is 214 g/mol. The van der Waals surface area contributed by atoms with Gasteiger partial charge in [-0.25, -0.2) is 0 Å². The maximum Gasteiger partial charge on any atom is 0.227 e. The van der Waals surface area contributed by atoms with E-state index in [1.54, 1.807) is 7.11 Å². The second kappa shape index (κ2) is 5.47. The third-order valence-corrected chi connectivity index (χ3v) is 3.25. The van der Waals surface area contributed by atoms with Gasteiger partial charge in [0.25, 0.3) is 0 Å². The number of carbonyl (C=O) groups is 1. The predicted octanol–water partition coefficient (Wildman–Crippen LogP) is 0.514. The fourth-order valence-corrected chi connectivity index (χ4v) is 1.93. The van der Waals surface area contributed by atoms with Crippen molar-refractivity contribution in [3.8, 4) is 0 Å². The van der Waals surface area contributed by atoms with Crippen molar-refractivity contribution in [1.82, 2.24) is 5.32 Å². The number of methoxy groups -OCH3 is 1. The highest BCUT2D eigenvalue weighted by Crippen LogP contribution is 2.39. The van der Waals surface area contributed by atoms with Crippen LogP contribution in [0.2, 0.25) is 0 Å². The van der Waals surface area contributed by atoms with Crippen LogP contribution in [0.25, 0.3) is 0 Å². The number of amides is 1. The number of hydrogen-bond donors (Lipinski definition) is 2. The fourth-order valence-electron chi connectivity index (χ4n) is 1.93. The number of carbonyl (C=O) groups excluding carboxylic acids is 1. The number of nitrogens with one attached hydrogen (secondary N) is 1. The average Bonchev–Trinajstić information content (AvgIpc) is 2.14. The summed E-state index contributed by atoms with van der Waals surface area (Å²) in [5.41, 5.74) is 5.39. The number of hydrogen-bond acceptors (Lipinski definition) is 3. The van der Waals surface area contributed by atoms with E-state index in [2.05, 4.69) is 12.2 Å². The highest BCUT2D eigenvalue weighted by molar-refractivity contribution is 5.83. The van der Waals surface area contributed by atoms with Crippen molar-refractivity contribution in [1.29, 1.82) is 0 Å². The van der Waals surface area contributed by atoms with E-state index in [0.717, 1.165) is 19.3 Å². The Hall–Kier alpha value is -0.610. The SMILES string of the molecule is COCC(C)CNC(=O)C1(CN)CCC1. The van der Waals surface area contributed by atoms with Crippen molar-refractivity contribution in [3.63, 3.8) is 0 Å². The highest BCUT2D eigenvalue weighted by atomic mass is 16.5. The van der Waals surface area contributed by atoms with Crippen molar-refractivity contribution < 1.29 is 9.53 Å². The Morgan fingerprint density at radius 1 is 1.60 bits per heavy atom. The lowest BCUT2D eigenvalue weighted by Gasteiger charge is -2.39. The molecule has 4 heteroatoms. The molecule has 4 nitrogen and oxygen atoms in total.